The molecule has 8 nitrogen and oxygen atoms in total. The van der Waals surface area contributed by atoms with Crippen LogP contribution >= 0.6 is 0 Å². The number of hydrogen-bond donors (Lipinski definition) is 2. The number of anilines is 2. The van der Waals surface area contributed by atoms with Gasteiger partial charge in [-0.1, -0.05) is 50.8 Å². The maximum Gasteiger partial charge on any atom is 0.251 e. The first-order valence-electron chi connectivity index (χ1n) is 13.7. The Morgan fingerprint density at radius 3 is 2.45 bits per heavy atom. The minimum Gasteiger partial charge on any atom is -0.512 e. The maximum absolute atomic E-state index is 12.6. The Balaban J connectivity index is 0.00000363. The summed E-state index contributed by atoms with van der Waals surface area (Å²) in [4.78, 5) is 30.6. The number of ether oxygens (including phenoxy) is 1. The number of nitrogens with one attached hydrogen (secondary N) is 1. The van der Waals surface area contributed by atoms with Crippen molar-refractivity contribution in [2.75, 3.05) is 50.1 Å². The van der Waals surface area contributed by atoms with Crippen molar-refractivity contribution < 1.29 is 19.4 Å². The second-order valence-electron chi connectivity index (χ2n) is 9.05. The number of likely N-dealkylation sites (N-methyl/N-ethyl adjacent to an activating group) is 1. The van der Waals surface area contributed by atoms with Gasteiger partial charge in [0.15, 0.2) is 5.78 Å². The normalized spacial score (nSPS) is 14.3. The van der Waals surface area contributed by atoms with Crippen molar-refractivity contribution in [2.45, 2.75) is 59.0 Å². The van der Waals surface area contributed by atoms with Crippen LogP contribution in [0.4, 0.5) is 11.4 Å². The van der Waals surface area contributed by atoms with Gasteiger partial charge in [-0.15, -0.1) is 12.8 Å². The van der Waals surface area contributed by atoms with E-state index in [4.69, 9.17) is 10.1 Å². The van der Waals surface area contributed by atoms with Crippen molar-refractivity contribution in [1.82, 2.24) is 4.90 Å². The number of allylic oxidation sites excluding steroid dienone is 4. The molecule has 220 valence electrons. The average Bonchev–Trinajstić information content (AvgIpc) is 3.51. The Labute approximate surface area is 241 Å². The number of nitrogens with zero attached hydrogens (tertiary/aromatic N) is 3. The molecule has 0 bridgehead atoms. The summed E-state index contributed by atoms with van der Waals surface area (Å²) >= 11 is 0. The number of aliphatic hydroxyl groups is 1. The lowest BCUT2D eigenvalue weighted by Crippen LogP contribution is -2.37. The molecule has 1 fully saturated rings. The van der Waals surface area contributed by atoms with E-state index in [2.05, 4.69) is 24.3 Å². The number of carbonyl (C=O) groups excluding carboxylic acids is 2. The molecule has 0 saturated carbocycles. The Morgan fingerprint density at radius 2 is 1.85 bits per heavy atom. The number of carbonyl (C=O) groups is 2. The first kappa shape index (κ1) is 36.2. The second-order valence-corrected chi connectivity index (χ2v) is 9.05. The highest BCUT2D eigenvalue weighted by Gasteiger charge is 2.26. The van der Waals surface area contributed by atoms with Crippen LogP contribution in [0.2, 0.25) is 0 Å². The van der Waals surface area contributed by atoms with Gasteiger partial charge in [-0.3, -0.25) is 15.0 Å². The Bertz CT molecular complexity index is 1010. The van der Waals surface area contributed by atoms with E-state index in [1.807, 2.05) is 53.1 Å². The zero-order valence-electron chi connectivity index (χ0n) is 24.9. The number of hydrogen-bond acceptors (Lipinski definition) is 6. The van der Waals surface area contributed by atoms with Gasteiger partial charge in [0.1, 0.15) is 6.10 Å². The van der Waals surface area contributed by atoms with E-state index < -0.39 is 0 Å². The van der Waals surface area contributed by atoms with E-state index in [0.717, 1.165) is 36.2 Å². The predicted octanol–water partition coefficient (Wildman–Crippen LogP) is 5.68. The molecule has 1 amide bonds. The van der Waals surface area contributed by atoms with Crippen molar-refractivity contribution >= 4 is 29.4 Å². The molecule has 1 aliphatic heterocycles. The number of aryl methyl sites for hydroxylation is 1. The number of benzene rings is 1. The quantitative estimate of drug-likeness (QED) is 0.0726. The number of rotatable bonds is 15. The molecule has 40 heavy (non-hydrogen) atoms. The lowest BCUT2D eigenvalue weighted by Gasteiger charge is -2.29. The van der Waals surface area contributed by atoms with Gasteiger partial charge in [-0.05, 0) is 43.9 Å². The summed E-state index contributed by atoms with van der Waals surface area (Å²) in [6.07, 6.45) is 18.4. The van der Waals surface area contributed by atoms with Gasteiger partial charge in [0.2, 0.25) is 0 Å². The number of amides is 1. The molecular weight excluding hydrogens is 504 g/mol. The van der Waals surface area contributed by atoms with Gasteiger partial charge in [0.05, 0.1) is 30.0 Å². The largest absolute Gasteiger partial charge is 0.512 e. The molecule has 1 aromatic rings. The number of para-hydroxylation sites is 1. The van der Waals surface area contributed by atoms with Crippen molar-refractivity contribution in [2.24, 2.45) is 0 Å². The van der Waals surface area contributed by atoms with E-state index in [1.165, 1.54) is 18.5 Å². The third-order valence-corrected chi connectivity index (χ3v) is 6.13. The molecular formula is C32H48N4O4. The van der Waals surface area contributed by atoms with Gasteiger partial charge in [0, 0.05) is 46.6 Å². The zero-order valence-corrected chi connectivity index (χ0v) is 24.9. The van der Waals surface area contributed by atoms with Gasteiger partial charge in [-0.2, -0.15) is 0 Å². The highest BCUT2D eigenvalue weighted by Crippen LogP contribution is 2.32. The maximum atomic E-state index is 12.6. The van der Waals surface area contributed by atoms with E-state index in [-0.39, 0.29) is 36.5 Å². The molecule has 1 unspecified atom stereocenters. The van der Waals surface area contributed by atoms with Crippen LogP contribution in [0.25, 0.3) is 0 Å². The van der Waals surface area contributed by atoms with Crippen LogP contribution in [0.5, 0.6) is 0 Å². The van der Waals surface area contributed by atoms with Gasteiger partial charge < -0.3 is 24.5 Å². The van der Waals surface area contributed by atoms with Crippen LogP contribution in [0.15, 0.2) is 54.8 Å². The fraction of sp³-hybridized carbons (Fsp3) is 0.469. The molecule has 2 rings (SSSR count). The molecule has 0 spiro atoms. The van der Waals surface area contributed by atoms with E-state index >= 15 is 0 Å². The zero-order chi connectivity index (χ0) is 30.5. The summed E-state index contributed by atoms with van der Waals surface area (Å²) in [5.74, 6) is 0.192. The van der Waals surface area contributed by atoms with Crippen LogP contribution < -0.4 is 9.80 Å². The van der Waals surface area contributed by atoms with Crippen LogP contribution in [0, 0.1) is 25.2 Å². The smallest absolute Gasteiger partial charge is 0.251 e. The molecule has 2 N–H and O–H groups in total. The average molecular weight is 553 g/mol. The standard InChI is InChI=1S/C28H40N4O4.C2H6.C2H2/c1-5-11-23(33)13-6-7-14-24(34)20-32(21-29)25-15-8-12-22(2)27(25)30(3)17-10-18-31(4)28(35)26-16-9-19-36-26;2*1-2/h5-8,11-12,15,21,26,29,33H,1,9-10,13-14,16-20H2,2-4H3;1-2H3;1-2H/b7-6-,23-11+,29-21?;;. The Kier molecular flexibility index (Phi) is 19.0. The molecule has 0 aliphatic carbocycles. The SMILES string of the molecule is C#C.C=C/C=C(/O)C/C=C\CC(=O)CN(C=N)c1cccc(C)c1N(C)CCCN(C)C(=O)C1CCCO1.CC. The first-order chi connectivity index (χ1) is 19.3. The third kappa shape index (κ3) is 12.4. The van der Waals surface area contributed by atoms with Gasteiger partial charge >= 0.3 is 0 Å². The summed E-state index contributed by atoms with van der Waals surface area (Å²) < 4.78 is 5.51. The fourth-order valence-corrected chi connectivity index (χ4v) is 4.23. The lowest BCUT2D eigenvalue weighted by atomic mass is 10.1. The molecule has 0 radical (unpaired) electrons. The van der Waals surface area contributed by atoms with Crippen LogP contribution in [-0.2, 0) is 14.3 Å². The van der Waals surface area contributed by atoms with Crippen molar-refractivity contribution in [1.29, 1.82) is 5.41 Å². The topological polar surface area (TPSA) is 97.2 Å². The summed E-state index contributed by atoms with van der Waals surface area (Å²) in [6, 6.07) is 5.85. The summed E-state index contributed by atoms with van der Waals surface area (Å²) in [5, 5.41) is 17.6. The molecule has 1 aliphatic rings. The van der Waals surface area contributed by atoms with Crippen LogP contribution in [0.3, 0.4) is 0 Å². The monoisotopic (exact) mass is 552 g/mol. The summed E-state index contributed by atoms with van der Waals surface area (Å²) in [5.41, 5.74) is 2.79. The summed E-state index contributed by atoms with van der Waals surface area (Å²) in [6.45, 7) is 11.6. The Morgan fingerprint density at radius 1 is 1.18 bits per heavy atom. The van der Waals surface area contributed by atoms with Crippen LogP contribution in [0.1, 0.15) is 51.5 Å². The van der Waals surface area contributed by atoms with E-state index in [9.17, 15) is 14.7 Å². The number of ketones is 1. The highest BCUT2D eigenvalue weighted by atomic mass is 16.5. The van der Waals surface area contributed by atoms with Crippen LogP contribution in [-0.4, -0.2) is 74.5 Å². The number of aliphatic hydroxyl groups excluding tert-OH is 1. The highest BCUT2D eigenvalue weighted by molar-refractivity contribution is 5.94. The van der Waals surface area contributed by atoms with Crippen molar-refractivity contribution in [3.63, 3.8) is 0 Å². The van der Waals surface area contributed by atoms with Crippen molar-refractivity contribution in [3.05, 3.63) is 60.4 Å². The molecule has 8 heteroatoms. The third-order valence-electron chi connectivity index (χ3n) is 6.13. The second kappa shape index (κ2) is 21.0. The van der Waals surface area contributed by atoms with Gasteiger partial charge in [0.25, 0.3) is 5.91 Å². The molecule has 1 saturated heterocycles. The fourth-order valence-electron chi connectivity index (χ4n) is 4.23. The van der Waals surface area contributed by atoms with E-state index in [1.54, 1.807) is 22.0 Å². The van der Waals surface area contributed by atoms with Crippen molar-refractivity contribution in [3.8, 4) is 12.8 Å². The Hall–Kier alpha value is -3.83. The van der Waals surface area contributed by atoms with E-state index in [0.29, 0.717) is 26.1 Å². The molecule has 1 atom stereocenters. The number of terminal acetylenes is 1. The predicted molar refractivity (Wildman–Crippen MR) is 167 cm³/mol. The molecule has 0 aromatic heterocycles. The minimum atomic E-state index is -0.307. The molecule has 1 heterocycles. The number of Topliss-reactive ketones (excluding diaryl/α,β-unsaturated/α-hetero) is 1. The first-order valence-corrected chi connectivity index (χ1v) is 13.7. The minimum absolute atomic E-state index is 0.0358. The lowest BCUT2D eigenvalue weighted by molar-refractivity contribution is -0.139. The molecule has 1 aromatic carbocycles. The van der Waals surface area contributed by atoms with Gasteiger partial charge in [-0.25, -0.2) is 0 Å². The summed E-state index contributed by atoms with van der Waals surface area (Å²) in [7, 11) is 3.81.